The van der Waals surface area contributed by atoms with Crippen LogP contribution in [0.4, 0.5) is 4.79 Å². The van der Waals surface area contributed by atoms with Crippen LogP contribution in [-0.4, -0.2) is 59.9 Å². The van der Waals surface area contributed by atoms with E-state index in [0.717, 1.165) is 36.8 Å². The van der Waals surface area contributed by atoms with Crippen LogP contribution in [0.1, 0.15) is 43.2 Å². The van der Waals surface area contributed by atoms with Gasteiger partial charge < -0.3 is 14.7 Å². The Hall–Kier alpha value is -2.82. The molecule has 0 atom stereocenters. The first-order valence-corrected chi connectivity index (χ1v) is 11.5. The van der Waals surface area contributed by atoms with Gasteiger partial charge in [-0.25, -0.2) is 4.79 Å². The minimum absolute atomic E-state index is 0.0337. The third-order valence-corrected chi connectivity index (χ3v) is 6.87. The minimum Gasteiger partial charge on any atom is -0.338 e. The normalized spacial score (nSPS) is 18.5. The number of carbonyl (C=O) groups is 2. The number of hydrogen-bond acceptors (Lipinski definition) is 2. The van der Waals surface area contributed by atoms with Crippen LogP contribution < -0.4 is 0 Å². The van der Waals surface area contributed by atoms with Crippen molar-refractivity contribution < 1.29 is 9.59 Å². The second-order valence-corrected chi connectivity index (χ2v) is 8.91. The number of urea groups is 1. The van der Waals surface area contributed by atoms with Gasteiger partial charge in [0.25, 0.3) is 0 Å². The molecule has 1 saturated heterocycles. The molecule has 3 amide bonds. The van der Waals surface area contributed by atoms with Crippen LogP contribution >= 0.6 is 0 Å². The summed E-state index contributed by atoms with van der Waals surface area (Å²) in [6, 6.07) is 20.4. The van der Waals surface area contributed by atoms with Gasteiger partial charge in [-0.15, -0.1) is 0 Å². The van der Waals surface area contributed by atoms with Crippen LogP contribution in [0.2, 0.25) is 0 Å². The molecule has 164 valence electrons. The van der Waals surface area contributed by atoms with E-state index < -0.39 is 5.41 Å². The molecule has 0 unspecified atom stereocenters. The number of piperazine rings is 1. The molecule has 2 aromatic carbocycles. The van der Waals surface area contributed by atoms with Gasteiger partial charge in [0.1, 0.15) is 0 Å². The summed E-state index contributed by atoms with van der Waals surface area (Å²) in [4.78, 5) is 32.3. The third-order valence-electron chi connectivity index (χ3n) is 6.87. The number of carbonyl (C=O) groups excluding carboxylic acids is 2. The fourth-order valence-corrected chi connectivity index (χ4v) is 5.11. The van der Waals surface area contributed by atoms with Crippen LogP contribution in [0.5, 0.6) is 0 Å². The van der Waals surface area contributed by atoms with Crippen molar-refractivity contribution in [2.45, 2.75) is 44.1 Å². The van der Waals surface area contributed by atoms with E-state index in [2.05, 4.69) is 12.1 Å². The van der Waals surface area contributed by atoms with Gasteiger partial charge in [0, 0.05) is 39.8 Å². The quantitative estimate of drug-likeness (QED) is 0.742. The predicted molar refractivity (Wildman–Crippen MR) is 123 cm³/mol. The molecular weight excluding hydrogens is 386 g/mol. The van der Waals surface area contributed by atoms with Crippen LogP contribution in [-0.2, 0) is 16.8 Å². The predicted octanol–water partition coefficient (Wildman–Crippen LogP) is 4.28. The molecule has 5 heteroatoms. The Balaban J connectivity index is 1.39. The summed E-state index contributed by atoms with van der Waals surface area (Å²) in [5.74, 6) is 0.253. The molecule has 1 heterocycles. The summed E-state index contributed by atoms with van der Waals surface area (Å²) < 4.78 is 0. The summed E-state index contributed by atoms with van der Waals surface area (Å²) >= 11 is 0. The minimum atomic E-state index is -0.393. The van der Waals surface area contributed by atoms with Crippen LogP contribution in [0.25, 0.3) is 0 Å². The molecule has 5 nitrogen and oxygen atoms in total. The maximum Gasteiger partial charge on any atom is 0.320 e. The van der Waals surface area contributed by atoms with E-state index >= 15 is 0 Å². The van der Waals surface area contributed by atoms with E-state index in [0.29, 0.717) is 32.7 Å². The molecule has 2 aliphatic rings. The Kier molecular flexibility index (Phi) is 6.59. The average molecular weight is 420 g/mol. The maximum absolute atomic E-state index is 13.7. The maximum atomic E-state index is 13.7. The van der Waals surface area contributed by atoms with E-state index in [1.54, 1.807) is 4.90 Å². The molecule has 1 aliphatic carbocycles. The summed E-state index contributed by atoms with van der Waals surface area (Å²) in [5.41, 5.74) is 1.88. The van der Waals surface area contributed by atoms with Crippen molar-refractivity contribution in [2.24, 2.45) is 0 Å². The van der Waals surface area contributed by atoms with Gasteiger partial charge in [0.15, 0.2) is 0 Å². The largest absolute Gasteiger partial charge is 0.338 e. The van der Waals surface area contributed by atoms with Gasteiger partial charge in [0.2, 0.25) is 5.91 Å². The molecule has 1 aliphatic heterocycles. The molecule has 4 rings (SSSR count). The van der Waals surface area contributed by atoms with Gasteiger partial charge in [0.05, 0.1) is 5.41 Å². The van der Waals surface area contributed by atoms with Crippen LogP contribution in [0, 0.1) is 0 Å². The van der Waals surface area contributed by atoms with Gasteiger partial charge in [-0.1, -0.05) is 79.9 Å². The molecule has 0 spiro atoms. The molecule has 0 radical (unpaired) electrons. The van der Waals surface area contributed by atoms with E-state index in [-0.39, 0.29) is 11.9 Å². The van der Waals surface area contributed by atoms with Crippen molar-refractivity contribution in [1.82, 2.24) is 14.7 Å². The van der Waals surface area contributed by atoms with Crippen molar-refractivity contribution in [3.8, 4) is 0 Å². The van der Waals surface area contributed by atoms with Gasteiger partial charge in [-0.05, 0) is 24.0 Å². The monoisotopic (exact) mass is 419 g/mol. The topological polar surface area (TPSA) is 43.9 Å². The fourth-order valence-electron chi connectivity index (χ4n) is 5.11. The molecule has 2 aromatic rings. The summed E-state index contributed by atoms with van der Waals surface area (Å²) in [7, 11) is 1.85. The summed E-state index contributed by atoms with van der Waals surface area (Å²) in [5, 5.41) is 0. The first-order valence-electron chi connectivity index (χ1n) is 11.5. The molecule has 0 aromatic heterocycles. The number of nitrogens with zero attached hydrogens (tertiary/aromatic N) is 3. The van der Waals surface area contributed by atoms with E-state index in [1.807, 2.05) is 65.4 Å². The van der Waals surface area contributed by atoms with Gasteiger partial charge in [-0.3, -0.25) is 4.79 Å². The van der Waals surface area contributed by atoms with Crippen molar-refractivity contribution in [3.05, 3.63) is 71.8 Å². The lowest BCUT2D eigenvalue weighted by Crippen LogP contribution is -2.57. The molecule has 0 N–H and O–H groups in total. The number of rotatable bonds is 4. The van der Waals surface area contributed by atoms with Crippen molar-refractivity contribution in [1.29, 1.82) is 0 Å². The fraction of sp³-hybridized carbons (Fsp3) is 0.462. The smallest absolute Gasteiger partial charge is 0.320 e. The zero-order chi connectivity index (χ0) is 21.7. The summed E-state index contributed by atoms with van der Waals surface area (Å²) in [6.45, 7) is 3.00. The average Bonchev–Trinajstić information content (AvgIpc) is 2.85. The van der Waals surface area contributed by atoms with Crippen molar-refractivity contribution >= 4 is 11.9 Å². The lowest BCUT2D eigenvalue weighted by Gasteiger charge is -2.43. The zero-order valence-electron chi connectivity index (χ0n) is 18.5. The Bertz CT molecular complexity index is 870. The third kappa shape index (κ3) is 4.60. The highest BCUT2D eigenvalue weighted by Gasteiger charge is 2.44. The van der Waals surface area contributed by atoms with Gasteiger partial charge in [-0.2, -0.15) is 0 Å². The molecular formula is C26H33N3O2. The Morgan fingerprint density at radius 2 is 1.35 bits per heavy atom. The second-order valence-electron chi connectivity index (χ2n) is 8.91. The lowest BCUT2D eigenvalue weighted by molar-refractivity contribution is -0.140. The van der Waals surface area contributed by atoms with E-state index in [4.69, 9.17) is 0 Å². The van der Waals surface area contributed by atoms with E-state index in [1.165, 1.54) is 6.42 Å². The standard InChI is InChI=1S/C26H33N3O2/c1-27(21-22-11-5-2-6-12-22)25(31)29-19-17-28(18-20-29)24(30)26(15-9-4-10-16-26)23-13-7-3-8-14-23/h2-3,5-8,11-14H,4,9-10,15-21H2,1H3. The number of hydrogen-bond donors (Lipinski definition) is 0. The second kappa shape index (κ2) is 9.54. The van der Waals surface area contributed by atoms with Crippen LogP contribution in [0.15, 0.2) is 60.7 Å². The zero-order valence-corrected chi connectivity index (χ0v) is 18.5. The Labute approximate surface area is 185 Å². The Morgan fingerprint density at radius 3 is 1.97 bits per heavy atom. The molecule has 2 fully saturated rings. The molecule has 31 heavy (non-hydrogen) atoms. The van der Waals surface area contributed by atoms with Crippen molar-refractivity contribution in [2.75, 3.05) is 33.2 Å². The first-order chi connectivity index (χ1) is 15.1. The number of benzene rings is 2. The highest BCUT2D eigenvalue weighted by atomic mass is 16.2. The van der Waals surface area contributed by atoms with Crippen LogP contribution in [0.3, 0.4) is 0 Å². The summed E-state index contributed by atoms with van der Waals surface area (Å²) in [6.07, 6.45) is 5.26. The molecule has 1 saturated carbocycles. The molecule has 0 bridgehead atoms. The highest BCUT2D eigenvalue weighted by Crippen LogP contribution is 2.41. The SMILES string of the molecule is CN(Cc1ccccc1)C(=O)N1CCN(C(=O)C2(c3ccccc3)CCCCC2)CC1. The first kappa shape index (κ1) is 21.4. The van der Waals surface area contributed by atoms with Crippen molar-refractivity contribution in [3.63, 3.8) is 0 Å². The van der Waals surface area contributed by atoms with Gasteiger partial charge >= 0.3 is 6.03 Å². The highest BCUT2D eigenvalue weighted by molar-refractivity contribution is 5.88. The Morgan fingerprint density at radius 1 is 0.806 bits per heavy atom. The lowest BCUT2D eigenvalue weighted by atomic mass is 9.68. The van der Waals surface area contributed by atoms with E-state index in [9.17, 15) is 9.59 Å². The number of amides is 3.